The summed E-state index contributed by atoms with van der Waals surface area (Å²) in [7, 11) is 0. The van der Waals surface area contributed by atoms with Crippen LogP contribution in [0.4, 0.5) is 0 Å². The molecular weight excluding hydrogens is 1160 g/mol. The first-order valence-electron chi connectivity index (χ1n) is 27.6. The molecule has 0 aromatic heterocycles. The number of carboxylic acid groups (broad SMARTS) is 3. The van der Waals surface area contributed by atoms with Crippen molar-refractivity contribution < 1.29 is 107 Å². The Morgan fingerprint density at radius 3 is 1.34 bits per heavy atom. The highest BCUT2D eigenvalue weighted by Gasteiger charge is 2.42. The molecule has 0 aliphatic carbocycles. The van der Waals surface area contributed by atoms with E-state index >= 15 is 0 Å². The lowest BCUT2D eigenvalue weighted by Gasteiger charge is -2.32. The average Bonchev–Trinajstić information content (AvgIpc) is 2.36. The first-order valence-corrected chi connectivity index (χ1v) is 27.6. The highest BCUT2D eigenvalue weighted by Crippen LogP contribution is 2.22. The molecule has 0 bridgehead atoms. The van der Waals surface area contributed by atoms with E-state index in [-0.39, 0.29) is 31.7 Å². The standard InChI is InChI=1S/C51H84N14O22/c1-20(2)14-29(51(87)65-13-9-10-32(65)47(83)58-28(17-36(74)75)44(80)57-27(40(54)76)16-35(72)73)59-48(84)37(21(3)4)62-41(77)23(7)55-43(79)26(11-12-33(53)69)56-45(81)30(18-66)61-50(86)39(24(8)68)64-46(82)31(19-67)60-49(85)38(22(5)6)63-42(78)25(52)15-34(70)71/h20-32,37-39,66-68H,9-19,52H2,1-8H3,(H2,53,69)(H2,54,76)(H,55,79)(H,56,81)(H,57,80)(H,58,83)(H,59,84)(H,60,85)(H,61,86)(H,62,77)(H,63,78)(H,64,82)(H,70,71)(H,72,73)(H,74,75)/t23-,24+,25-,26-,27-,28-,29-,30-,31-,32-,37-,38-,39-/m0/s1. The summed E-state index contributed by atoms with van der Waals surface area (Å²) < 4.78 is 0. The minimum Gasteiger partial charge on any atom is -0.481 e. The van der Waals surface area contributed by atoms with Crippen LogP contribution in [-0.4, -0.2) is 229 Å². The molecule has 0 radical (unpaired) electrons. The molecular formula is C51H84N14O22. The third kappa shape index (κ3) is 25.9. The van der Waals surface area contributed by atoms with Crippen LogP contribution in [0.3, 0.4) is 0 Å². The Morgan fingerprint density at radius 1 is 0.483 bits per heavy atom. The fourth-order valence-corrected chi connectivity index (χ4v) is 8.45. The van der Waals surface area contributed by atoms with Gasteiger partial charge in [-0.1, -0.05) is 41.5 Å². The van der Waals surface area contributed by atoms with Crippen molar-refractivity contribution in [2.75, 3.05) is 19.8 Å². The van der Waals surface area contributed by atoms with Gasteiger partial charge in [-0.25, -0.2) is 0 Å². The van der Waals surface area contributed by atoms with Crippen molar-refractivity contribution in [2.45, 2.75) is 185 Å². The molecule has 22 N–H and O–H groups in total. The number of nitrogens with one attached hydrogen (secondary N) is 10. The number of nitrogens with two attached hydrogens (primary N) is 3. The molecule has 490 valence electrons. The van der Waals surface area contributed by atoms with Crippen LogP contribution in [0.15, 0.2) is 0 Å². The fraction of sp³-hybridized carbons (Fsp3) is 0.686. The van der Waals surface area contributed by atoms with E-state index in [0.29, 0.717) is 0 Å². The maximum absolute atomic E-state index is 14.2. The number of carbonyl (C=O) groups excluding carboxylic acids is 13. The molecule has 1 rings (SSSR count). The van der Waals surface area contributed by atoms with Crippen LogP contribution in [0.25, 0.3) is 0 Å². The van der Waals surface area contributed by atoms with Gasteiger partial charge in [-0.05, 0) is 57.3 Å². The van der Waals surface area contributed by atoms with Crippen LogP contribution in [0.1, 0.15) is 107 Å². The summed E-state index contributed by atoms with van der Waals surface area (Å²) in [5.74, 6) is -20.5. The van der Waals surface area contributed by atoms with Gasteiger partial charge >= 0.3 is 17.9 Å². The van der Waals surface area contributed by atoms with E-state index in [1.807, 2.05) is 5.32 Å². The summed E-state index contributed by atoms with van der Waals surface area (Å²) >= 11 is 0. The van der Waals surface area contributed by atoms with Crippen molar-refractivity contribution >= 4 is 94.7 Å². The molecule has 1 fully saturated rings. The van der Waals surface area contributed by atoms with Crippen LogP contribution < -0.4 is 70.4 Å². The number of aliphatic carboxylic acids is 3. The molecule has 1 aliphatic rings. The second-order valence-electron chi connectivity index (χ2n) is 21.8. The van der Waals surface area contributed by atoms with Crippen LogP contribution in [0.5, 0.6) is 0 Å². The Hall–Kier alpha value is -8.64. The zero-order chi connectivity index (χ0) is 66.9. The molecule has 0 saturated carbocycles. The minimum atomic E-state index is -1.97. The number of carboxylic acids is 3. The molecule has 0 aromatic carbocycles. The van der Waals surface area contributed by atoms with E-state index in [2.05, 4.69) is 47.9 Å². The number of rotatable bonds is 38. The first kappa shape index (κ1) is 76.4. The van der Waals surface area contributed by atoms with Gasteiger partial charge in [0.25, 0.3) is 0 Å². The fourth-order valence-electron chi connectivity index (χ4n) is 8.45. The Labute approximate surface area is 499 Å². The van der Waals surface area contributed by atoms with Crippen molar-refractivity contribution in [2.24, 2.45) is 35.0 Å². The smallest absolute Gasteiger partial charge is 0.305 e. The lowest BCUT2D eigenvalue weighted by molar-refractivity contribution is -0.145. The molecule has 0 aromatic rings. The molecule has 36 nitrogen and oxygen atoms in total. The van der Waals surface area contributed by atoms with Crippen LogP contribution in [0, 0.1) is 17.8 Å². The van der Waals surface area contributed by atoms with Gasteiger partial charge in [0, 0.05) is 13.0 Å². The van der Waals surface area contributed by atoms with Crippen LogP contribution in [0.2, 0.25) is 0 Å². The van der Waals surface area contributed by atoms with Gasteiger partial charge in [0.05, 0.1) is 44.6 Å². The van der Waals surface area contributed by atoms with Crippen LogP contribution in [-0.2, 0) is 76.7 Å². The van der Waals surface area contributed by atoms with E-state index in [9.17, 15) is 97.1 Å². The summed E-state index contributed by atoms with van der Waals surface area (Å²) in [5.41, 5.74) is 16.1. The summed E-state index contributed by atoms with van der Waals surface area (Å²) in [5, 5.41) is 80.7. The number of amides is 13. The highest BCUT2D eigenvalue weighted by molar-refractivity contribution is 6.00. The van der Waals surface area contributed by atoms with Gasteiger partial charge in [-0.3, -0.25) is 76.7 Å². The number of likely N-dealkylation sites (tertiary alicyclic amines) is 1. The molecule has 1 aliphatic heterocycles. The molecule has 13 amide bonds. The van der Waals surface area contributed by atoms with Crippen molar-refractivity contribution in [1.82, 2.24) is 58.1 Å². The van der Waals surface area contributed by atoms with Gasteiger partial charge in [-0.15, -0.1) is 0 Å². The number of aliphatic hydroxyl groups is 3. The lowest BCUT2D eigenvalue weighted by atomic mass is 9.99. The SMILES string of the molecule is CC(C)C[C@H](NC(=O)[C@@H](NC(=O)[C@H](C)NC(=O)[C@H](CCC(N)=O)NC(=O)[C@H](CO)NC(=O)[C@@H](NC(=O)[C@H](CO)NC(=O)[C@@H](NC(=O)[C@@H](N)CC(=O)O)C(C)C)[C@@H](C)O)C(C)C)C(=O)N1CCC[C@H]1C(=O)N[C@@H](CC(=O)O)C(=O)N[C@@H](CC(=O)O)C(N)=O. The topological polar surface area (TPSA) is 596 Å². The first-order chi connectivity index (χ1) is 40.4. The third-order valence-electron chi connectivity index (χ3n) is 13.2. The second-order valence-corrected chi connectivity index (χ2v) is 21.8. The van der Waals surface area contributed by atoms with E-state index in [1.54, 1.807) is 13.8 Å². The minimum absolute atomic E-state index is 0.0126. The van der Waals surface area contributed by atoms with Crippen molar-refractivity contribution in [3.05, 3.63) is 0 Å². The summed E-state index contributed by atoms with van der Waals surface area (Å²) in [6.07, 6.45) is -5.41. The van der Waals surface area contributed by atoms with Crippen molar-refractivity contribution in [3.63, 3.8) is 0 Å². The highest BCUT2D eigenvalue weighted by atomic mass is 16.4. The molecule has 1 saturated heterocycles. The molecule has 0 spiro atoms. The quantitative estimate of drug-likeness (QED) is 0.0273. The molecule has 36 heteroatoms. The number of primary amides is 2. The molecule has 13 atom stereocenters. The Kier molecular flexibility index (Phi) is 31.9. The van der Waals surface area contributed by atoms with Gasteiger partial charge in [0.2, 0.25) is 76.8 Å². The monoisotopic (exact) mass is 1240 g/mol. The number of hydrogen-bond acceptors (Lipinski definition) is 20. The normalized spacial score (nSPS) is 17.1. The number of hydrogen-bond donors (Lipinski definition) is 19. The van der Waals surface area contributed by atoms with E-state index in [0.717, 1.165) is 11.8 Å². The van der Waals surface area contributed by atoms with Gasteiger partial charge in [-0.2, -0.15) is 0 Å². The van der Waals surface area contributed by atoms with Gasteiger partial charge in [0.15, 0.2) is 0 Å². The van der Waals surface area contributed by atoms with E-state index in [1.165, 1.54) is 34.6 Å². The maximum Gasteiger partial charge on any atom is 0.305 e. The predicted octanol–water partition coefficient (Wildman–Crippen LogP) is -8.93. The third-order valence-corrected chi connectivity index (χ3v) is 13.2. The van der Waals surface area contributed by atoms with Crippen molar-refractivity contribution in [3.8, 4) is 0 Å². The predicted molar refractivity (Wildman–Crippen MR) is 297 cm³/mol. The second kappa shape index (κ2) is 36.4. The Balaban J connectivity index is 3.27. The average molecular weight is 1250 g/mol. The zero-order valence-electron chi connectivity index (χ0n) is 49.4. The molecule has 1 heterocycles. The number of aliphatic hydroxyl groups excluding tert-OH is 3. The largest absolute Gasteiger partial charge is 0.481 e. The number of carbonyl (C=O) groups is 16. The Morgan fingerprint density at radius 2 is 0.897 bits per heavy atom. The maximum atomic E-state index is 14.2. The van der Waals surface area contributed by atoms with Gasteiger partial charge < -0.3 is 106 Å². The molecule has 0 unspecified atom stereocenters. The van der Waals surface area contributed by atoms with Crippen molar-refractivity contribution in [1.29, 1.82) is 0 Å². The molecule has 87 heavy (non-hydrogen) atoms. The lowest BCUT2D eigenvalue weighted by Crippen LogP contribution is -2.63. The number of nitrogens with zero attached hydrogens (tertiary/aromatic N) is 1. The van der Waals surface area contributed by atoms with E-state index < -0.39 is 230 Å². The summed E-state index contributed by atoms with van der Waals surface area (Å²) in [6, 6.07) is -19.8. The van der Waals surface area contributed by atoms with E-state index in [4.69, 9.17) is 27.4 Å². The van der Waals surface area contributed by atoms with Gasteiger partial charge in [0.1, 0.15) is 66.5 Å². The van der Waals surface area contributed by atoms with Crippen LogP contribution >= 0.6 is 0 Å². The zero-order valence-corrected chi connectivity index (χ0v) is 49.4. The summed E-state index contributed by atoms with van der Waals surface area (Å²) in [6.45, 7) is 9.29. The summed E-state index contributed by atoms with van der Waals surface area (Å²) in [4.78, 5) is 207. The Bertz CT molecular complexity index is 2530.